The smallest absolute Gasteiger partial charge is 0.389 e. The molecule has 0 atom stereocenters. The van der Waals surface area contributed by atoms with E-state index in [1.54, 1.807) is 0 Å². The fourth-order valence-electron chi connectivity index (χ4n) is 10.2. The van der Waals surface area contributed by atoms with Crippen LogP contribution in [-0.2, 0) is 0 Å². The first kappa shape index (κ1) is 55.4. The highest BCUT2D eigenvalue weighted by atomic mass is 19.4. The summed E-state index contributed by atoms with van der Waals surface area (Å²) in [6.07, 6.45) is 8.98. The quantitative estimate of drug-likeness (QED) is 0.0296. The minimum Gasteiger partial charge on any atom is -0.493 e. The van der Waals surface area contributed by atoms with Crippen LogP contribution in [0.2, 0.25) is 0 Å². The molecule has 0 unspecified atom stereocenters. The van der Waals surface area contributed by atoms with Crippen LogP contribution in [0.5, 0.6) is 17.2 Å². The first-order valence-corrected chi connectivity index (χ1v) is 26.2. The summed E-state index contributed by atoms with van der Waals surface area (Å²) in [5.74, 6) is 2.44. The average molecular weight is 969 g/mol. The maximum atomic E-state index is 12.4. The van der Waals surface area contributed by atoms with Crippen molar-refractivity contribution >= 4 is 0 Å². The van der Waals surface area contributed by atoms with E-state index in [0.29, 0.717) is 39.1 Å². The molecule has 0 heterocycles. The fourth-order valence-corrected chi connectivity index (χ4v) is 10.2. The summed E-state index contributed by atoms with van der Waals surface area (Å²) in [6, 6.07) is 19.2. The number of hydrogen-bond donors (Lipinski definition) is 0. The molecule has 0 N–H and O–H groups in total. The Balaban J connectivity index is 1.17. The lowest BCUT2D eigenvalue weighted by atomic mass is 9.60. The van der Waals surface area contributed by atoms with Gasteiger partial charge in [0.05, 0.1) is 19.8 Å². The van der Waals surface area contributed by atoms with Crippen molar-refractivity contribution in [3.63, 3.8) is 0 Å². The summed E-state index contributed by atoms with van der Waals surface area (Å²) < 4.78 is 132. The molecule has 3 aliphatic rings. The van der Waals surface area contributed by atoms with Crippen LogP contribution in [-0.4, -0.2) is 38.3 Å². The van der Waals surface area contributed by atoms with E-state index in [-0.39, 0.29) is 31.1 Å². The number of unbranched alkanes of at least 4 members (excludes halogenated alkanes) is 24. The average Bonchev–Trinajstić information content (AvgIpc) is 3.28. The Hall–Kier alpha value is -3.57. The Morgan fingerprint density at radius 3 is 0.735 bits per heavy atom. The Morgan fingerprint density at radius 1 is 0.279 bits per heavy atom. The van der Waals surface area contributed by atoms with Gasteiger partial charge in [-0.1, -0.05) is 171 Å². The van der Waals surface area contributed by atoms with Crippen LogP contribution < -0.4 is 14.2 Å². The fraction of sp³-hybridized carbons (Fsp3) is 0.679. The number of benzene rings is 3. The first-order valence-electron chi connectivity index (χ1n) is 26.2. The van der Waals surface area contributed by atoms with Gasteiger partial charge in [-0.3, -0.25) is 0 Å². The molecule has 2 bridgehead atoms. The maximum Gasteiger partial charge on any atom is 0.389 e. The Labute approximate surface area is 400 Å². The lowest BCUT2D eigenvalue weighted by molar-refractivity contribution is -0.136. The van der Waals surface area contributed by atoms with Gasteiger partial charge in [0.15, 0.2) is 0 Å². The SMILES string of the molecule is FC(F)(F)CCCCCCCCCCCOc1cccc2c1C1c3c(OCCCCCCCCCCCC(F)(F)F)cccc3C2c2cccc(OCCCCCCCCCCCC(F)(F)F)c21. The molecule has 0 spiro atoms. The highest BCUT2D eigenvalue weighted by Gasteiger charge is 2.46. The van der Waals surface area contributed by atoms with Crippen molar-refractivity contribution in [1.82, 2.24) is 0 Å². The molecule has 0 aromatic heterocycles. The lowest BCUT2D eigenvalue weighted by Gasteiger charge is -2.44. The van der Waals surface area contributed by atoms with Crippen molar-refractivity contribution in [3.8, 4) is 17.2 Å². The second-order valence-corrected chi connectivity index (χ2v) is 19.3. The Bertz CT molecular complexity index is 1660. The molecule has 12 heteroatoms. The molecule has 0 aliphatic heterocycles. The van der Waals surface area contributed by atoms with Crippen LogP contribution in [0.3, 0.4) is 0 Å². The molecule has 382 valence electrons. The number of rotatable bonds is 36. The zero-order chi connectivity index (χ0) is 48.7. The molecule has 0 amide bonds. The summed E-state index contributed by atoms with van der Waals surface area (Å²) in [5, 5.41) is 0. The predicted octanol–water partition coefficient (Wildman–Crippen LogP) is 19.2. The predicted molar refractivity (Wildman–Crippen MR) is 254 cm³/mol. The minimum atomic E-state index is -4.06. The van der Waals surface area contributed by atoms with Gasteiger partial charge in [0.2, 0.25) is 0 Å². The van der Waals surface area contributed by atoms with E-state index in [4.69, 9.17) is 14.2 Å². The van der Waals surface area contributed by atoms with Gasteiger partial charge in [0.1, 0.15) is 17.2 Å². The largest absolute Gasteiger partial charge is 0.493 e. The molecule has 0 fully saturated rings. The van der Waals surface area contributed by atoms with Crippen LogP contribution in [0.4, 0.5) is 39.5 Å². The van der Waals surface area contributed by atoms with Gasteiger partial charge < -0.3 is 14.2 Å². The van der Waals surface area contributed by atoms with Crippen molar-refractivity contribution in [3.05, 3.63) is 88.0 Å². The Kier molecular flexibility index (Phi) is 23.6. The standard InChI is InChI=1S/C56H77F9O3/c57-54(58,59)37-22-16-10-4-1-7-13-19-25-40-66-46-34-28-31-43-49-44-32-29-35-47(67-41-26-20-14-8-2-5-11-17-23-38-55(60,61)62)51(44)53(50(43)46)52-45(49)33-30-36-48(52)68-42-27-21-15-9-3-6-12-18-24-39-56(63,64)65/h28-36,49,53H,1-27,37-42H2. The summed E-state index contributed by atoms with van der Waals surface area (Å²) in [5.41, 5.74) is 7.18. The molecule has 68 heavy (non-hydrogen) atoms. The van der Waals surface area contributed by atoms with E-state index < -0.39 is 37.8 Å². The van der Waals surface area contributed by atoms with E-state index in [1.807, 2.05) is 0 Å². The van der Waals surface area contributed by atoms with Gasteiger partial charge in [-0.2, -0.15) is 39.5 Å². The molecule has 0 radical (unpaired) electrons. The highest BCUT2D eigenvalue weighted by Crippen LogP contribution is 2.61. The molecule has 0 saturated carbocycles. The van der Waals surface area contributed by atoms with Gasteiger partial charge in [-0.05, 0) is 73.4 Å². The summed E-state index contributed by atoms with van der Waals surface area (Å²) in [4.78, 5) is 0. The van der Waals surface area contributed by atoms with E-state index in [9.17, 15) is 39.5 Å². The van der Waals surface area contributed by atoms with E-state index >= 15 is 0 Å². The molecule has 3 aromatic carbocycles. The van der Waals surface area contributed by atoms with Gasteiger partial charge in [-0.25, -0.2) is 0 Å². The van der Waals surface area contributed by atoms with E-state index in [1.165, 1.54) is 16.7 Å². The zero-order valence-corrected chi connectivity index (χ0v) is 40.3. The van der Waals surface area contributed by atoms with E-state index in [0.717, 1.165) is 169 Å². The number of alkyl halides is 9. The number of hydrogen-bond acceptors (Lipinski definition) is 3. The molecule has 6 rings (SSSR count). The zero-order valence-electron chi connectivity index (χ0n) is 40.3. The molecular weight excluding hydrogens is 892 g/mol. The third kappa shape index (κ3) is 19.3. The summed E-state index contributed by atoms with van der Waals surface area (Å²) >= 11 is 0. The third-order valence-corrected chi connectivity index (χ3v) is 13.7. The number of halogens is 9. The van der Waals surface area contributed by atoms with Crippen molar-refractivity contribution in [2.75, 3.05) is 19.8 Å². The second kappa shape index (κ2) is 28.9. The van der Waals surface area contributed by atoms with Gasteiger partial charge in [0, 0.05) is 47.8 Å². The molecular formula is C56H77F9O3. The van der Waals surface area contributed by atoms with E-state index in [2.05, 4.69) is 54.6 Å². The van der Waals surface area contributed by atoms with Crippen LogP contribution >= 0.6 is 0 Å². The van der Waals surface area contributed by atoms with Gasteiger partial charge in [-0.15, -0.1) is 0 Å². The van der Waals surface area contributed by atoms with Crippen molar-refractivity contribution < 1.29 is 53.7 Å². The summed E-state index contributed by atoms with van der Waals surface area (Å²) in [6.45, 7) is 1.74. The normalized spacial score (nSPS) is 15.3. The molecule has 3 nitrogen and oxygen atoms in total. The third-order valence-electron chi connectivity index (χ3n) is 13.7. The van der Waals surface area contributed by atoms with Crippen LogP contribution in [0, 0.1) is 0 Å². The summed E-state index contributed by atoms with van der Waals surface area (Å²) in [7, 11) is 0. The monoisotopic (exact) mass is 969 g/mol. The maximum absolute atomic E-state index is 12.4. The topological polar surface area (TPSA) is 27.7 Å². The van der Waals surface area contributed by atoms with Crippen LogP contribution in [0.25, 0.3) is 0 Å². The van der Waals surface area contributed by atoms with Crippen molar-refractivity contribution in [2.24, 2.45) is 0 Å². The minimum absolute atomic E-state index is 0.0222. The van der Waals surface area contributed by atoms with Crippen molar-refractivity contribution in [1.29, 1.82) is 0 Å². The van der Waals surface area contributed by atoms with Gasteiger partial charge in [0.25, 0.3) is 0 Å². The number of ether oxygens (including phenoxy) is 3. The van der Waals surface area contributed by atoms with Gasteiger partial charge >= 0.3 is 18.5 Å². The lowest BCUT2D eigenvalue weighted by Crippen LogP contribution is -2.29. The molecule has 3 aliphatic carbocycles. The highest BCUT2D eigenvalue weighted by molar-refractivity contribution is 5.74. The molecule has 3 aromatic rings. The first-order chi connectivity index (χ1) is 32.7. The molecule has 0 saturated heterocycles. The Morgan fingerprint density at radius 2 is 0.500 bits per heavy atom. The van der Waals surface area contributed by atoms with Crippen molar-refractivity contribution in [2.45, 2.75) is 223 Å². The van der Waals surface area contributed by atoms with Crippen LogP contribution in [0.15, 0.2) is 54.6 Å². The van der Waals surface area contributed by atoms with Crippen LogP contribution in [0.1, 0.15) is 238 Å². The second-order valence-electron chi connectivity index (χ2n) is 19.3.